The lowest BCUT2D eigenvalue weighted by Crippen LogP contribution is -2.11. The first kappa shape index (κ1) is 12.3. The summed E-state index contributed by atoms with van der Waals surface area (Å²) in [7, 11) is 0. The van der Waals surface area contributed by atoms with Gasteiger partial charge < -0.3 is 0 Å². The Morgan fingerprint density at radius 3 is 2.41 bits per heavy atom. The normalized spacial score (nSPS) is 23.9. The third-order valence-corrected chi connectivity index (χ3v) is 4.14. The van der Waals surface area contributed by atoms with Crippen molar-refractivity contribution in [3.8, 4) is 0 Å². The molecule has 1 aromatic carbocycles. The molecule has 1 aliphatic carbocycles. The monoisotopic (exact) mass is 230 g/mol. The van der Waals surface area contributed by atoms with Gasteiger partial charge in [-0.2, -0.15) is 0 Å². The summed E-state index contributed by atoms with van der Waals surface area (Å²) >= 11 is 0. The smallest absolute Gasteiger partial charge is 0.165 e. The van der Waals surface area contributed by atoms with Crippen LogP contribution in [0.2, 0.25) is 0 Å². The molecule has 2 rings (SSSR count). The minimum Gasteiger partial charge on any atom is -0.294 e. The molecule has 1 aromatic rings. The molecule has 0 aromatic heterocycles. The molecule has 2 atom stereocenters. The Kier molecular flexibility index (Phi) is 3.98. The van der Waals surface area contributed by atoms with Crippen molar-refractivity contribution in [1.82, 2.24) is 0 Å². The number of aryl methyl sites for hydroxylation is 1. The van der Waals surface area contributed by atoms with E-state index in [9.17, 15) is 4.79 Å². The SMILES string of the molecule is CCc1ccc(C(=O)C2CCC(CC)C2)cc1. The summed E-state index contributed by atoms with van der Waals surface area (Å²) in [6, 6.07) is 8.17. The van der Waals surface area contributed by atoms with Crippen molar-refractivity contribution in [3.05, 3.63) is 35.4 Å². The predicted octanol–water partition coefficient (Wildman–Crippen LogP) is 4.26. The molecule has 0 aliphatic heterocycles. The highest BCUT2D eigenvalue weighted by atomic mass is 16.1. The standard InChI is InChI=1S/C16H22O/c1-3-12-5-8-14(9-6-12)16(17)15-10-7-13(4-2)11-15/h5-6,8-9,13,15H,3-4,7,10-11H2,1-2H3. The van der Waals surface area contributed by atoms with Gasteiger partial charge in [0.05, 0.1) is 0 Å². The van der Waals surface area contributed by atoms with E-state index in [1.54, 1.807) is 0 Å². The van der Waals surface area contributed by atoms with E-state index in [0.29, 0.717) is 5.78 Å². The lowest BCUT2D eigenvalue weighted by Gasteiger charge is -2.09. The summed E-state index contributed by atoms with van der Waals surface area (Å²) < 4.78 is 0. The lowest BCUT2D eigenvalue weighted by atomic mass is 9.94. The van der Waals surface area contributed by atoms with E-state index < -0.39 is 0 Å². The van der Waals surface area contributed by atoms with Crippen LogP contribution in [-0.2, 0) is 6.42 Å². The van der Waals surface area contributed by atoms with Gasteiger partial charge in [-0.1, -0.05) is 44.5 Å². The fourth-order valence-electron chi connectivity index (χ4n) is 2.82. The number of carbonyl (C=O) groups is 1. The van der Waals surface area contributed by atoms with E-state index in [4.69, 9.17) is 0 Å². The van der Waals surface area contributed by atoms with E-state index in [2.05, 4.69) is 26.0 Å². The van der Waals surface area contributed by atoms with Crippen LogP contribution in [-0.4, -0.2) is 5.78 Å². The third kappa shape index (κ3) is 2.77. The molecule has 0 radical (unpaired) electrons. The zero-order valence-electron chi connectivity index (χ0n) is 10.9. The lowest BCUT2D eigenvalue weighted by molar-refractivity contribution is 0.0920. The molecule has 1 heteroatoms. The van der Waals surface area contributed by atoms with Crippen molar-refractivity contribution in [2.75, 3.05) is 0 Å². The molecule has 0 spiro atoms. The molecule has 2 unspecified atom stereocenters. The second kappa shape index (κ2) is 5.48. The van der Waals surface area contributed by atoms with E-state index in [1.165, 1.54) is 18.4 Å². The van der Waals surface area contributed by atoms with Crippen molar-refractivity contribution in [2.45, 2.75) is 46.0 Å². The number of ketones is 1. The van der Waals surface area contributed by atoms with Gasteiger partial charge in [0.15, 0.2) is 5.78 Å². The van der Waals surface area contributed by atoms with Crippen LogP contribution in [0.4, 0.5) is 0 Å². The van der Waals surface area contributed by atoms with Crippen LogP contribution < -0.4 is 0 Å². The van der Waals surface area contributed by atoms with Gasteiger partial charge in [0.25, 0.3) is 0 Å². The number of hydrogen-bond donors (Lipinski definition) is 0. The highest BCUT2D eigenvalue weighted by Gasteiger charge is 2.29. The Morgan fingerprint density at radius 1 is 1.18 bits per heavy atom. The molecule has 1 nitrogen and oxygen atoms in total. The second-order valence-electron chi connectivity index (χ2n) is 5.20. The molecule has 17 heavy (non-hydrogen) atoms. The zero-order chi connectivity index (χ0) is 12.3. The molecule has 0 saturated heterocycles. The van der Waals surface area contributed by atoms with Gasteiger partial charge >= 0.3 is 0 Å². The average molecular weight is 230 g/mol. The number of Topliss-reactive ketones (excluding diaryl/α,β-unsaturated/α-hetero) is 1. The minimum atomic E-state index is 0.285. The number of hydrogen-bond acceptors (Lipinski definition) is 1. The highest BCUT2D eigenvalue weighted by molar-refractivity contribution is 5.98. The van der Waals surface area contributed by atoms with Crippen LogP contribution in [0.3, 0.4) is 0 Å². The highest BCUT2D eigenvalue weighted by Crippen LogP contribution is 2.34. The topological polar surface area (TPSA) is 17.1 Å². The van der Waals surface area contributed by atoms with Gasteiger partial charge in [0.1, 0.15) is 0 Å². The summed E-state index contributed by atoms with van der Waals surface area (Å²) in [5.74, 6) is 1.43. The first-order valence-corrected chi connectivity index (χ1v) is 6.87. The van der Waals surface area contributed by atoms with Crippen LogP contribution in [0, 0.1) is 11.8 Å². The predicted molar refractivity (Wildman–Crippen MR) is 71.3 cm³/mol. The van der Waals surface area contributed by atoms with Gasteiger partial charge in [-0.15, -0.1) is 0 Å². The molecule has 1 saturated carbocycles. The number of rotatable bonds is 4. The first-order valence-electron chi connectivity index (χ1n) is 6.87. The van der Waals surface area contributed by atoms with Crippen molar-refractivity contribution in [3.63, 3.8) is 0 Å². The molecule has 0 bridgehead atoms. The quantitative estimate of drug-likeness (QED) is 0.706. The Bertz CT molecular complexity index is 377. The fourth-order valence-corrected chi connectivity index (χ4v) is 2.82. The van der Waals surface area contributed by atoms with Gasteiger partial charge in [-0.25, -0.2) is 0 Å². The van der Waals surface area contributed by atoms with E-state index in [0.717, 1.165) is 30.7 Å². The summed E-state index contributed by atoms with van der Waals surface area (Å²) in [5.41, 5.74) is 2.21. The Morgan fingerprint density at radius 2 is 1.88 bits per heavy atom. The van der Waals surface area contributed by atoms with Gasteiger partial charge in [-0.3, -0.25) is 4.79 Å². The van der Waals surface area contributed by atoms with Gasteiger partial charge in [0.2, 0.25) is 0 Å². The molecule has 92 valence electrons. The van der Waals surface area contributed by atoms with E-state index in [1.807, 2.05) is 12.1 Å². The molecular weight excluding hydrogens is 208 g/mol. The average Bonchev–Trinajstić information content (AvgIpc) is 2.87. The van der Waals surface area contributed by atoms with Crippen LogP contribution in [0.1, 0.15) is 55.5 Å². The summed E-state index contributed by atoms with van der Waals surface area (Å²) in [5, 5.41) is 0. The molecule has 0 amide bonds. The molecular formula is C16H22O. The fraction of sp³-hybridized carbons (Fsp3) is 0.562. The number of benzene rings is 1. The maximum Gasteiger partial charge on any atom is 0.165 e. The second-order valence-corrected chi connectivity index (χ2v) is 5.20. The third-order valence-electron chi connectivity index (χ3n) is 4.14. The van der Waals surface area contributed by atoms with Crippen LogP contribution in [0.15, 0.2) is 24.3 Å². The van der Waals surface area contributed by atoms with Crippen molar-refractivity contribution in [1.29, 1.82) is 0 Å². The Balaban J connectivity index is 2.04. The molecule has 1 fully saturated rings. The van der Waals surface area contributed by atoms with Crippen molar-refractivity contribution < 1.29 is 4.79 Å². The van der Waals surface area contributed by atoms with Gasteiger partial charge in [-0.05, 0) is 37.2 Å². The van der Waals surface area contributed by atoms with Crippen LogP contribution >= 0.6 is 0 Å². The molecule has 1 aliphatic rings. The van der Waals surface area contributed by atoms with E-state index in [-0.39, 0.29) is 5.92 Å². The maximum atomic E-state index is 12.3. The number of carbonyl (C=O) groups excluding carboxylic acids is 1. The maximum absolute atomic E-state index is 12.3. The summed E-state index contributed by atoms with van der Waals surface area (Å²) in [4.78, 5) is 12.3. The summed E-state index contributed by atoms with van der Waals surface area (Å²) in [6.45, 7) is 4.37. The largest absolute Gasteiger partial charge is 0.294 e. The van der Waals surface area contributed by atoms with Crippen molar-refractivity contribution >= 4 is 5.78 Å². The van der Waals surface area contributed by atoms with Gasteiger partial charge in [0, 0.05) is 11.5 Å². The van der Waals surface area contributed by atoms with Crippen LogP contribution in [0.25, 0.3) is 0 Å². The Labute approximate surface area is 104 Å². The van der Waals surface area contributed by atoms with Crippen LogP contribution in [0.5, 0.6) is 0 Å². The first-order chi connectivity index (χ1) is 8.24. The summed E-state index contributed by atoms with van der Waals surface area (Å²) in [6.07, 6.45) is 5.69. The Hall–Kier alpha value is -1.11. The van der Waals surface area contributed by atoms with E-state index >= 15 is 0 Å². The molecule has 0 heterocycles. The molecule has 0 N–H and O–H groups in total. The zero-order valence-corrected chi connectivity index (χ0v) is 10.9. The minimum absolute atomic E-state index is 0.285. The van der Waals surface area contributed by atoms with Crippen molar-refractivity contribution in [2.24, 2.45) is 11.8 Å².